The van der Waals surface area contributed by atoms with Gasteiger partial charge in [-0.2, -0.15) is 0 Å². The predicted octanol–water partition coefficient (Wildman–Crippen LogP) is 3.78. The monoisotopic (exact) mass is 429 g/mol. The molecule has 0 saturated carbocycles. The van der Waals surface area contributed by atoms with E-state index in [0.29, 0.717) is 29.0 Å². The van der Waals surface area contributed by atoms with Crippen molar-refractivity contribution in [2.75, 3.05) is 6.61 Å². The van der Waals surface area contributed by atoms with Gasteiger partial charge in [0.25, 0.3) is 5.91 Å². The molecule has 0 spiro atoms. The van der Waals surface area contributed by atoms with Crippen LogP contribution in [0, 0.1) is 0 Å². The van der Waals surface area contributed by atoms with Gasteiger partial charge in [-0.05, 0) is 31.0 Å². The van der Waals surface area contributed by atoms with Crippen molar-refractivity contribution in [2.24, 2.45) is 0 Å². The van der Waals surface area contributed by atoms with E-state index in [0.717, 1.165) is 5.56 Å². The fraction of sp³-hybridized carbons (Fsp3) is 0.192. The maximum Gasteiger partial charge on any atom is 0.318 e. The van der Waals surface area contributed by atoms with Crippen LogP contribution in [0.2, 0.25) is 0 Å². The number of rotatable bonds is 7. The van der Waals surface area contributed by atoms with E-state index in [9.17, 15) is 14.4 Å². The van der Waals surface area contributed by atoms with Crippen molar-refractivity contribution < 1.29 is 23.9 Å². The van der Waals surface area contributed by atoms with Gasteiger partial charge < -0.3 is 14.8 Å². The molecule has 3 aromatic carbocycles. The second-order valence-electron chi connectivity index (χ2n) is 7.64. The Bertz CT molecular complexity index is 1100. The molecule has 1 amide bonds. The van der Waals surface area contributed by atoms with Gasteiger partial charge in [-0.15, -0.1) is 0 Å². The van der Waals surface area contributed by atoms with Crippen LogP contribution in [0.1, 0.15) is 29.5 Å². The third-order valence-corrected chi connectivity index (χ3v) is 5.37. The molecule has 0 radical (unpaired) electrons. The number of hydrogen-bond donors (Lipinski definition) is 1. The summed E-state index contributed by atoms with van der Waals surface area (Å²) in [6.07, 6.45) is 0.372. The van der Waals surface area contributed by atoms with Gasteiger partial charge >= 0.3 is 5.97 Å². The number of amides is 1. The minimum atomic E-state index is -0.697. The summed E-state index contributed by atoms with van der Waals surface area (Å²) < 4.78 is 11.3. The quantitative estimate of drug-likeness (QED) is 0.578. The molecule has 4 rings (SSSR count). The summed E-state index contributed by atoms with van der Waals surface area (Å²) in [6.45, 7) is 0.953. The molecular formula is C26H23NO5. The first-order chi connectivity index (χ1) is 15.5. The van der Waals surface area contributed by atoms with Crippen molar-refractivity contribution in [2.45, 2.75) is 25.3 Å². The summed E-state index contributed by atoms with van der Waals surface area (Å²) in [7, 11) is 0. The highest BCUT2D eigenvalue weighted by molar-refractivity contribution is 5.90. The molecule has 1 aliphatic heterocycles. The van der Waals surface area contributed by atoms with Crippen molar-refractivity contribution in [3.63, 3.8) is 0 Å². The first kappa shape index (κ1) is 21.3. The third kappa shape index (κ3) is 4.70. The third-order valence-electron chi connectivity index (χ3n) is 5.37. The number of fused-ring (bicyclic) bond motifs is 2. The summed E-state index contributed by atoms with van der Waals surface area (Å²) in [5.74, 6) is -0.777. The Morgan fingerprint density at radius 3 is 2.03 bits per heavy atom. The lowest BCUT2D eigenvalue weighted by molar-refractivity contribution is -0.149. The van der Waals surface area contributed by atoms with Crippen molar-refractivity contribution in [3.8, 4) is 11.5 Å². The van der Waals surface area contributed by atoms with E-state index in [2.05, 4.69) is 5.32 Å². The zero-order valence-corrected chi connectivity index (χ0v) is 17.6. The van der Waals surface area contributed by atoms with Gasteiger partial charge in [0.2, 0.25) is 0 Å². The van der Waals surface area contributed by atoms with Gasteiger partial charge in [0.1, 0.15) is 17.4 Å². The fourth-order valence-corrected chi connectivity index (χ4v) is 3.77. The topological polar surface area (TPSA) is 81.7 Å². The second kappa shape index (κ2) is 9.47. The molecule has 0 bridgehead atoms. The average Bonchev–Trinajstić information content (AvgIpc) is 2.81. The van der Waals surface area contributed by atoms with Crippen LogP contribution in [0.25, 0.3) is 0 Å². The van der Waals surface area contributed by atoms with E-state index in [1.807, 2.05) is 66.7 Å². The summed E-state index contributed by atoms with van der Waals surface area (Å²) in [5, 5.41) is 2.67. The number of ketones is 1. The Morgan fingerprint density at radius 1 is 0.875 bits per heavy atom. The average molecular weight is 429 g/mol. The number of carbonyl (C=O) groups excluding carboxylic acids is 3. The van der Waals surface area contributed by atoms with Gasteiger partial charge in [-0.25, -0.2) is 0 Å². The lowest BCUT2D eigenvalue weighted by Gasteiger charge is -2.26. The Balaban J connectivity index is 1.43. The number of esters is 1. The van der Waals surface area contributed by atoms with E-state index in [4.69, 9.17) is 9.47 Å². The summed E-state index contributed by atoms with van der Waals surface area (Å²) in [5.41, 5.74) is 2.30. The Morgan fingerprint density at radius 2 is 1.44 bits per heavy atom. The number of carbonyl (C=O) groups is 3. The number of benzene rings is 3. The molecule has 162 valence electrons. The minimum absolute atomic E-state index is 0.166. The molecule has 0 aliphatic carbocycles. The summed E-state index contributed by atoms with van der Waals surface area (Å²) >= 11 is 0. The number of para-hydroxylation sites is 2. The zero-order valence-electron chi connectivity index (χ0n) is 17.6. The summed E-state index contributed by atoms with van der Waals surface area (Å²) in [4.78, 5) is 37.5. The zero-order chi connectivity index (χ0) is 22.5. The van der Waals surface area contributed by atoms with E-state index in [1.54, 1.807) is 12.1 Å². The van der Waals surface area contributed by atoms with E-state index in [-0.39, 0.29) is 5.78 Å². The maximum absolute atomic E-state index is 13.0. The molecular weight excluding hydrogens is 406 g/mol. The molecule has 0 saturated heterocycles. The molecule has 3 aromatic rings. The Labute approximate surface area is 186 Å². The molecule has 6 heteroatoms. The molecule has 0 unspecified atom stereocenters. The fourth-order valence-electron chi connectivity index (χ4n) is 3.77. The van der Waals surface area contributed by atoms with Crippen LogP contribution >= 0.6 is 0 Å². The van der Waals surface area contributed by atoms with Crippen LogP contribution in [-0.4, -0.2) is 30.3 Å². The summed E-state index contributed by atoms with van der Waals surface area (Å²) in [6, 6.07) is 23.2. The largest absolute Gasteiger partial charge is 0.457 e. The minimum Gasteiger partial charge on any atom is -0.457 e. The maximum atomic E-state index is 13.0. The first-order valence-corrected chi connectivity index (χ1v) is 10.4. The van der Waals surface area contributed by atoms with Crippen molar-refractivity contribution in [1.82, 2.24) is 5.32 Å². The highest BCUT2D eigenvalue weighted by Gasteiger charge is 2.34. The van der Waals surface area contributed by atoms with E-state index >= 15 is 0 Å². The molecule has 0 aromatic heterocycles. The lowest BCUT2D eigenvalue weighted by Crippen LogP contribution is -2.43. The van der Waals surface area contributed by atoms with E-state index in [1.165, 1.54) is 6.92 Å². The molecule has 0 fully saturated rings. The van der Waals surface area contributed by atoms with Crippen molar-refractivity contribution in [1.29, 1.82) is 0 Å². The smallest absolute Gasteiger partial charge is 0.318 e. The van der Waals surface area contributed by atoms with Crippen LogP contribution in [0.3, 0.4) is 0 Å². The molecule has 1 N–H and O–H groups in total. The van der Waals surface area contributed by atoms with Gasteiger partial charge in [0.15, 0.2) is 12.4 Å². The van der Waals surface area contributed by atoms with Gasteiger partial charge in [-0.3, -0.25) is 14.4 Å². The Hall–Kier alpha value is -3.93. The van der Waals surface area contributed by atoms with Crippen LogP contribution in [0.4, 0.5) is 0 Å². The first-order valence-electron chi connectivity index (χ1n) is 10.4. The molecule has 1 aliphatic rings. The molecule has 1 heterocycles. The number of Topliss-reactive ketones (excluding diaryl/α,β-unsaturated/α-hetero) is 1. The van der Waals surface area contributed by atoms with Crippen LogP contribution in [0.5, 0.6) is 11.5 Å². The number of nitrogens with one attached hydrogen (secondary N) is 1. The molecule has 6 nitrogen and oxygen atoms in total. The standard InChI is InChI=1S/C26H23NO5/c1-17(28)21(15-18-9-3-2-4-10-18)27-24(29)16-31-26(30)25-19-11-5-7-13-22(19)32-23-14-8-6-12-20(23)25/h2-14,21,25H,15-16H2,1H3,(H,27,29)/t21-/m0/s1. The van der Waals surface area contributed by atoms with Crippen LogP contribution in [0.15, 0.2) is 78.9 Å². The van der Waals surface area contributed by atoms with Crippen LogP contribution < -0.4 is 10.1 Å². The van der Waals surface area contributed by atoms with Crippen molar-refractivity contribution >= 4 is 17.7 Å². The normalized spacial score (nSPS) is 13.2. The van der Waals surface area contributed by atoms with E-state index < -0.39 is 30.4 Å². The molecule has 1 atom stereocenters. The van der Waals surface area contributed by atoms with Crippen molar-refractivity contribution in [3.05, 3.63) is 95.6 Å². The van der Waals surface area contributed by atoms with Gasteiger partial charge in [0, 0.05) is 11.1 Å². The number of hydrogen-bond acceptors (Lipinski definition) is 5. The van der Waals surface area contributed by atoms with Gasteiger partial charge in [-0.1, -0.05) is 66.7 Å². The Kier molecular flexibility index (Phi) is 6.31. The second-order valence-corrected chi connectivity index (χ2v) is 7.64. The highest BCUT2D eigenvalue weighted by Crippen LogP contribution is 2.44. The van der Waals surface area contributed by atoms with Crippen LogP contribution in [-0.2, 0) is 25.5 Å². The highest BCUT2D eigenvalue weighted by atomic mass is 16.5. The lowest BCUT2D eigenvalue weighted by atomic mass is 9.88. The SMILES string of the molecule is CC(=O)[C@H](Cc1ccccc1)NC(=O)COC(=O)C1c2ccccc2Oc2ccccc21. The number of ether oxygens (including phenoxy) is 2. The van der Waals surface area contributed by atoms with Gasteiger partial charge in [0.05, 0.1) is 6.04 Å². The predicted molar refractivity (Wildman–Crippen MR) is 119 cm³/mol. The molecule has 32 heavy (non-hydrogen) atoms.